The molecule has 0 rings (SSSR count). The standard InChI is InChI=1S/C14H30O8P2/c1-13(2,3)9-7-8-11(15)12(16)14(4,5)10-21-24(19,20)22-23(6,17)18/h12,16H,7-10H2,1-6H3,(H,17,18)(H,19,20). The smallest absolute Gasteiger partial charge is 0.385 e. The van der Waals surface area contributed by atoms with E-state index in [2.05, 4.69) is 29.6 Å². The zero-order chi connectivity index (χ0) is 19.4. The molecule has 0 bridgehead atoms. The van der Waals surface area contributed by atoms with Gasteiger partial charge in [0.05, 0.1) is 6.61 Å². The fourth-order valence-corrected chi connectivity index (χ4v) is 4.12. The van der Waals surface area contributed by atoms with Crippen LogP contribution in [0.1, 0.15) is 53.9 Å². The van der Waals surface area contributed by atoms with Gasteiger partial charge in [-0.05, 0) is 18.3 Å². The summed E-state index contributed by atoms with van der Waals surface area (Å²) in [4.78, 5) is 30.4. The van der Waals surface area contributed by atoms with Gasteiger partial charge in [-0.15, -0.1) is 0 Å². The molecule has 0 fully saturated rings. The molecule has 0 spiro atoms. The van der Waals surface area contributed by atoms with E-state index in [4.69, 9.17) is 4.89 Å². The highest BCUT2D eigenvalue weighted by atomic mass is 31.3. The molecule has 8 nitrogen and oxygen atoms in total. The lowest BCUT2D eigenvalue weighted by molar-refractivity contribution is -0.134. The van der Waals surface area contributed by atoms with Crippen molar-refractivity contribution in [3.8, 4) is 0 Å². The first-order chi connectivity index (χ1) is 10.5. The van der Waals surface area contributed by atoms with Crippen molar-refractivity contribution in [1.29, 1.82) is 0 Å². The Morgan fingerprint density at radius 1 is 1.12 bits per heavy atom. The maximum atomic E-state index is 12.1. The van der Waals surface area contributed by atoms with Crippen LogP contribution in [0.25, 0.3) is 0 Å². The average molecular weight is 388 g/mol. The Morgan fingerprint density at radius 3 is 2.04 bits per heavy atom. The number of phosphoric acid groups is 1. The van der Waals surface area contributed by atoms with Crippen molar-refractivity contribution in [3.05, 3.63) is 0 Å². The number of hydrogen-bond donors (Lipinski definition) is 3. The number of Topliss-reactive ketones (excluding diaryl/α,β-unsaturated/α-hetero) is 1. The van der Waals surface area contributed by atoms with E-state index < -0.39 is 33.5 Å². The fourth-order valence-electron chi connectivity index (χ4n) is 1.91. The first-order valence-electron chi connectivity index (χ1n) is 7.65. The van der Waals surface area contributed by atoms with Crippen LogP contribution in [0.4, 0.5) is 0 Å². The number of rotatable bonds is 10. The zero-order valence-corrected chi connectivity index (χ0v) is 17.0. The minimum Gasteiger partial charge on any atom is -0.385 e. The minimum absolute atomic E-state index is 0.0864. The van der Waals surface area contributed by atoms with E-state index in [-0.39, 0.29) is 17.6 Å². The molecule has 24 heavy (non-hydrogen) atoms. The summed E-state index contributed by atoms with van der Waals surface area (Å²) >= 11 is 0. The molecule has 3 atom stereocenters. The molecule has 0 heterocycles. The molecule has 0 aromatic heterocycles. The average Bonchev–Trinajstić information content (AvgIpc) is 2.31. The SMILES string of the molecule is CC(C)(C)CCCC(=O)C(O)C(C)(C)COP(=O)(O)OP(C)(=O)O. The van der Waals surface area contributed by atoms with Crippen LogP contribution in [-0.4, -0.2) is 40.1 Å². The van der Waals surface area contributed by atoms with E-state index in [1.54, 1.807) is 0 Å². The van der Waals surface area contributed by atoms with Crippen molar-refractivity contribution in [1.82, 2.24) is 0 Å². The van der Waals surface area contributed by atoms with Gasteiger partial charge in [-0.3, -0.25) is 13.9 Å². The van der Waals surface area contributed by atoms with E-state index in [9.17, 15) is 23.9 Å². The van der Waals surface area contributed by atoms with Crippen molar-refractivity contribution < 1.29 is 37.7 Å². The molecule has 0 amide bonds. The van der Waals surface area contributed by atoms with Gasteiger partial charge < -0.3 is 14.9 Å². The van der Waals surface area contributed by atoms with Gasteiger partial charge in [0.2, 0.25) is 0 Å². The van der Waals surface area contributed by atoms with Crippen molar-refractivity contribution >= 4 is 21.2 Å². The Morgan fingerprint density at radius 2 is 1.62 bits per heavy atom. The van der Waals surface area contributed by atoms with Gasteiger partial charge in [0.25, 0.3) is 0 Å². The van der Waals surface area contributed by atoms with Gasteiger partial charge in [-0.25, -0.2) is 8.88 Å². The lowest BCUT2D eigenvalue weighted by Gasteiger charge is -2.30. The predicted molar refractivity (Wildman–Crippen MR) is 90.7 cm³/mol. The molecule has 0 aliphatic heterocycles. The third-order valence-corrected chi connectivity index (χ3v) is 5.74. The molecule has 0 aromatic carbocycles. The van der Waals surface area contributed by atoms with Crippen LogP contribution in [-0.2, 0) is 22.8 Å². The molecular formula is C14H30O8P2. The Balaban J connectivity index is 4.61. The van der Waals surface area contributed by atoms with E-state index in [1.807, 2.05) is 0 Å². The van der Waals surface area contributed by atoms with E-state index in [0.29, 0.717) is 6.42 Å². The zero-order valence-electron chi connectivity index (χ0n) is 15.2. The number of carbonyl (C=O) groups is 1. The maximum absolute atomic E-state index is 12.1. The van der Waals surface area contributed by atoms with E-state index in [1.165, 1.54) is 13.8 Å². The number of carbonyl (C=O) groups excluding carboxylic acids is 1. The van der Waals surface area contributed by atoms with Crippen molar-refractivity contribution in [3.63, 3.8) is 0 Å². The molecule has 0 saturated heterocycles. The third-order valence-electron chi connectivity index (χ3n) is 3.25. The summed E-state index contributed by atoms with van der Waals surface area (Å²) in [5.74, 6) is -0.384. The normalized spacial score (nSPS) is 19.4. The Hall–Kier alpha value is -0.0700. The summed E-state index contributed by atoms with van der Waals surface area (Å²) in [5, 5.41) is 10.2. The lowest BCUT2D eigenvalue weighted by atomic mass is 9.83. The summed E-state index contributed by atoms with van der Waals surface area (Å²) in [6.07, 6.45) is 0.252. The second kappa shape index (κ2) is 8.54. The molecule has 0 saturated carbocycles. The van der Waals surface area contributed by atoms with Crippen molar-refractivity contribution in [2.45, 2.75) is 60.0 Å². The predicted octanol–water partition coefficient (Wildman–Crippen LogP) is 3.11. The second-order valence-electron chi connectivity index (χ2n) is 7.90. The van der Waals surface area contributed by atoms with Crippen molar-refractivity contribution in [2.24, 2.45) is 10.8 Å². The lowest BCUT2D eigenvalue weighted by Crippen LogP contribution is -2.39. The minimum atomic E-state index is -4.76. The van der Waals surface area contributed by atoms with Gasteiger partial charge in [0.1, 0.15) is 6.10 Å². The quantitative estimate of drug-likeness (QED) is 0.487. The molecule has 3 N–H and O–H groups in total. The molecule has 10 heteroatoms. The highest BCUT2D eigenvalue weighted by Gasteiger charge is 2.38. The molecule has 0 aliphatic carbocycles. The largest absolute Gasteiger partial charge is 0.479 e. The number of phosphoric ester groups is 1. The van der Waals surface area contributed by atoms with Crippen LogP contribution >= 0.6 is 15.4 Å². The summed E-state index contributed by atoms with van der Waals surface area (Å²) in [6, 6.07) is 0. The van der Waals surface area contributed by atoms with Crippen LogP contribution in [0.2, 0.25) is 0 Å². The monoisotopic (exact) mass is 388 g/mol. The summed E-state index contributed by atoms with van der Waals surface area (Å²) < 4.78 is 31.3. The number of hydrogen-bond acceptors (Lipinski definition) is 6. The van der Waals surface area contributed by atoms with Gasteiger partial charge in [0.15, 0.2) is 5.78 Å². The molecular weight excluding hydrogens is 358 g/mol. The molecule has 0 radical (unpaired) electrons. The topological polar surface area (TPSA) is 130 Å². The molecule has 0 aliphatic rings. The number of aliphatic hydroxyl groups is 1. The van der Waals surface area contributed by atoms with Crippen LogP contribution in [0.5, 0.6) is 0 Å². The fraction of sp³-hybridized carbons (Fsp3) is 0.929. The highest BCUT2D eigenvalue weighted by Crippen LogP contribution is 2.58. The molecule has 0 aromatic rings. The second-order valence-corrected chi connectivity index (χ2v) is 11.4. The first-order valence-corrected chi connectivity index (χ1v) is 11.2. The van der Waals surface area contributed by atoms with Crippen LogP contribution < -0.4 is 0 Å². The highest BCUT2D eigenvalue weighted by molar-refractivity contribution is 7.63. The maximum Gasteiger partial charge on any atom is 0.479 e. The Kier molecular flexibility index (Phi) is 8.52. The first kappa shape index (κ1) is 23.9. The Labute approximate surface area is 143 Å². The van der Waals surface area contributed by atoms with Gasteiger partial charge in [-0.2, -0.15) is 0 Å². The van der Waals surface area contributed by atoms with Gasteiger partial charge >= 0.3 is 15.4 Å². The molecule has 144 valence electrons. The summed E-state index contributed by atoms with van der Waals surface area (Å²) in [7, 11) is -8.97. The van der Waals surface area contributed by atoms with Crippen LogP contribution in [0, 0.1) is 10.8 Å². The summed E-state index contributed by atoms with van der Waals surface area (Å²) in [5.41, 5.74) is -1.07. The van der Waals surface area contributed by atoms with Gasteiger partial charge in [-0.1, -0.05) is 34.6 Å². The van der Waals surface area contributed by atoms with Crippen LogP contribution in [0.15, 0.2) is 0 Å². The number of ketones is 1. The number of aliphatic hydroxyl groups excluding tert-OH is 1. The van der Waals surface area contributed by atoms with E-state index >= 15 is 0 Å². The van der Waals surface area contributed by atoms with Gasteiger partial charge in [0, 0.05) is 18.5 Å². The Bertz CT molecular complexity index is 517. The van der Waals surface area contributed by atoms with E-state index in [0.717, 1.165) is 13.1 Å². The summed E-state index contributed by atoms with van der Waals surface area (Å²) in [6.45, 7) is 9.40. The van der Waals surface area contributed by atoms with Crippen LogP contribution in [0.3, 0.4) is 0 Å². The molecule has 3 unspecified atom stereocenters. The van der Waals surface area contributed by atoms with Crippen molar-refractivity contribution in [2.75, 3.05) is 13.3 Å². The third kappa shape index (κ3) is 10.7.